The third-order valence-corrected chi connectivity index (χ3v) is 6.64. The summed E-state index contributed by atoms with van der Waals surface area (Å²) in [6.07, 6.45) is -5.62. The zero-order valence-corrected chi connectivity index (χ0v) is 20.2. The number of halogens is 3. The highest BCUT2D eigenvalue weighted by Gasteiger charge is 2.46. The summed E-state index contributed by atoms with van der Waals surface area (Å²) in [6.45, 7) is 1.37. The fourth-order valence-electron chi connectivity index (χ4n) is 4.62. The quantitative estimate of drug-likeness (QED) is 0.360. The summed E-state index contributed by atoms with van der Waals surface area (Å²) in [5, 5.41) is 6.50. The molecular weight excluding hydrogens is 521 g/mol. The normalized spacial score (nSPS) is 17.6. The van der Waals surface area contributed by atoms with Crippen LogP contribution in [-0.2, 0) is 21.3 Å². The first-order valence-corrected chi connectivity index (χ1v) is 11.4. The highest BCUT2D eigenvalue weighted by atomic mass is 19.4. The minimum Gasteiger partial charge on any atom is -0.497 e. The summed E-state index contributed by atoms with van der Waals surface area (Å²) in [7, 11) is 1.47. The van der Waals surface area contributed by atoms with Gasteiger partial charge in [-0.2, -0.15) is 13.2 Å². The second-order valence-electron chi connectivity index (χ2n) is 8.95. The van der Waals surface area contributed by atoms with E-state index in [-0.39, 0.29) is 28.1 Å². The number of carbonyl (C=O) groups excluding carboxylic acids is 2. The van der Waals surface area contributed by atoms with Gasteiger partial charge in [0, 0.05) is 11.6 Å². The Kier molecular flexibility index (Phi) is 5.11. The third-order valence-electron chi connectivity index (χ3n) is 6.64. The van der Waals surface area contributed by atoms with Crippen molar-refractivity contribution in [2.75, 3.05) is 7.11 Å². The van der Waals surface area contributed by atoms with Crippen LogP contribution in [0.4, 0.5) is 18.0 Å². The second kappa shape index (κ2) is 8.21. The van der Waals surface area contributed by atoms with Gasteiger partial charge in [-0.15, -0.1) is 0 Å². The molecule has 13 heteroatoms. The van der Waals surface area contributed by atoms with Gasteiger partial charge in [-0.1, -0.05) is 17.3 Å². The van der Waals surface area contributed by atoms with Crippen molar-refractivity contribution in [2.24, 2.45) is 0 Å². The minimum atomic E-state index is -4.68. The van der Waals surface area contributed by atoms with Crippen molar-refractivity contribution < 1.29 is 36.8 Å². The molecule has 1 aliphatic heterocycles. The van der Waals surface area contributed by atoms with Crippen LogP contribution >= 0.6 is 0 Å². The Morgan fingerprint density at radius 3 is 2.46 bits per heavy atom. The summed E-state index contributed by atoms with van der Waals surface area (Å²) < 4.78 is 59.0. The van der Waals surface area contributed by atoms with E-state index in [9.17, 15) is 27.6 Å². The lowest BCUT2D eigenvalue weighted by molar-refractivity contribution is -0.137. The predicted molar refractivity (Wildman–Crippen MR) is 130 cm³/mol. The topological polar surface area (TPSA) is 118 Å². The molecule has 1 aliphatic rings. The Bertz CT molecular complexity index is 1890. The molecule has 1 atom stereocenters. The molecule has 0 unspecified atom stereocenters. The van der Waals surface area contributed by atoms with E-state index in [0.29, 0.717) is 16.7 Å². The SMILES string of the molecule is COc1ccc2c(-n3c(=O)n(-c4cccc([C@@]5(C)OC(=O)NC5=O)c4)c4cc(C(F)(F)F)ccc43)noc2c1. The first-order valence-electron chi connectivity index (χ1n) is 11.4. The molecule has 0 saturated carbocycles. The van der Waals surface area contributed by atoms with Gasteiger partial charge in [-0.3, -0.25) is 14.7 Å². The van der Waals surface area contributed by atoms with E-state index < -0.39 is 35.0 Å². The number of nitrogens with one attached hydrogen (secondary N) is 1. The number of carbonyl (C=O) groups is 2. The zero-order valence-electron chi connectivity index (χ0n) is 20.2. The van der Waals surface area contributed by atoms with E-state index >= 15 is 0 Å². The van der Waals surface area contributed by atoms with Crippen LogP contribution < -0.4 is 15.7 Å². The zero-order chi connectivity index (χ0) is 27.7. The molecule has 2 amide bonds. The Labute approximate surface area is 216 Å². The molecule has 0 aliphatic carbocycles. The lowest BCUT2D eigenvalue weighted by Crippen LogP contribution is -2.33. The molecule has 3 aromatic carbocycles. The Balaban J connectivity index is 1.63. The number of hydrogen-bond donors (Lipinski definition) is 1. The fraction of sp³-hybridized carbons (Fsp3) is 0.154. The standard InChI is InChI=1S/C26H17F3N4O6/c1-25(22(34)30-23(35)38-25)13-4-3-5-15(10-13)32-19-11-14(26(27,28)29)6-9-18(19)33(24(32)36)21-17-8-7-16(37-2)12-20(17)39-31-21/h3-12H,1-2H3,(H,30,34,35)/t25-/m1/s1. The number of imidazole rings is 1. The Morgan fingerprint density at radius 1 is 0.974 bits per heavy atom. The van der Waals surface area contributed by atoms with Crippen molar-refractivity contribution in [2.45, 2.75) is 18.7 Å². The maximum absolute atomic E-state index is 13.9. The number of alkyl halides is 3. The van der Waals surface area contributed by atoms with E-state index in [4.69, 9.17) is 14.0 Å². The van der Waals surface area contributed by atoms with Crippen molar-refractivity contribution in [3.05, 3.63) is 82.3 Å². The number of cyclic esters (lactones) is 1. The van der Waals surface area contributed by atoms with Crippen molar-refractivity contribution in [3.63, 3.8) is 0 Å². The lowest BCUT2D eigenvalue weighted by Gasteiger charge is -2.20. The van der Waals surface area contributed by atoms with Gasteiger partial charge in [-0.25, -0.2) is 14.2 Å². The van der Waals surface area contributed by atoms with Crippen LogP contribution in [0, 0.1) is 0 Å². The first-order chi connectivity index (χ1) is 18.5. The van der Waals surface area contributed by atoms with Crippen LogP contribution in [0.2, 0.25) is 0 Å². The number of amides is 2. The van der Waals surface area contributed by atoms with Crippen molar-refractivity contribution in [1.82, 2.24) is 19.6 Å². The van der Waals surface area contributed by atoms with E-state index in [1.54, 1.807) is 18.2 Å². The molecule has 0 bridgehead atoms. The molecule has 0 spiro atoms. The van der Waals surface area contributed by atoms with Crippen LogP contribution in [0.3, 0.4) is 0 Å². The van der Waals surface area contributed by atoms with Gasteiger partial charge < -0.3 is 14.0 Å². The summed E-state index contributed by atoms with van der Waals surface area (Å²) in [6, 6.07) is 13.6. The minimum absolute atomic E-state index is 0.0633. The smallest absolute Gasteiger partial charge is 0.416 e. The van der Waals surface area contributed by atoms with Gasteiger partial charge in [0.1, 0.15) is 5.75 Å². The van der Waals surface area contributed by atoms with Gasteiger partial charge in [-0.05, 0) is 49.4 Å². The van der Waals surface area contributed by atoms with Gasteiger partial charge in [0.15, 0.2) is 11.4 Å². The molecule has 6 rings (SSSR count). The van der Waals surface area contributed by atoms with Gasteiger partial charge in [0.25, 0.3) is 5.91 Å². The van der Waals surface area contributed by atoms with E-state index in [1.165, 1.54) is 44.4 Å². The van der Waals surface area contributed by atoms with E-state index in [2.05, 4.69) is 10.5 Å². The van der Waals surface area contributed by atoms with E-state index in [1.807, 2.05) is 0 Å². The fourth-order valence-corrected chi connectivity index (χ4v) is 4.62. The number of benzene rings is 3. The molecule has 3 heterocycles. The number of ether oxygens (including phenoxy) is 2. The third kappa shape index (κ3) is 3.65. The number of imide groups is 1. The summed E-state index contributed by atoms with van der Waals surface area (Å²) in [5.74, 6) is -0.173. The van der Waals surface area contributed by atoms with Gasteiger partial charge in [0.05, 0.1) is 34.8 Å². The summed E-state index contributed by atoms with van der Waals surface area (Å²) in [5.41, 5.74) is -2.72. The predicted octanol–water partition coefficient (Wildman–Crippen LogP) is 4.43. The number of aromatic nitrogens is 3. The van der Waals surface area contributed by atoms with Crippen molar-refractivity contribution in [3.8, 4) is 17.3 Å². The van der Waals surface area contributed by atoms with Crippen LogP contribution in [0.25, 0.3) is 33.5 Å². The second-order valence-corrected chi connectivity index (χ2v) is 8.95. The average Bonchev–Trinajstić information content (AvgIpc) is 3.52. The first kappa shape index (κ1) is 24.3. The van der Waals surface area contributed by atoms with Crippen LogP contribution in [0.15, 0.2) is 70.0 Å². The highest BCUT2D eigenvalue weighted by molar-refractivity contribution is 6.03. The number of fused-ring (bicyclic) bond motifs is 2. The molecule has 10 nitrogen and oxygen atoms in total. The number of hydrogen-bond acceptors (Lipinski definition) is 7. The summed E-state index contributed by atoms with van der Waals surface area (Å²) >= 11 is 0. The maximum Gasteiger partial charge on any atom is 0.416 e. The lowest BCUT2D eigenvalue weighted by atomic mass is 9.95. The molecule has 1 N–H and O–H groups in total. The van der Waals surface area contributed by atoms with Crippen molar-refractivity contribution >= 4 is 34.0 Å². The number of alkyl carbamates (subject to hydrolysis) is 1. The summed E-state index contributed by atoms with van der Waals surface area (Å²) in [4.78, 5) is 38.1. The van der Waals surface area contributed by atoms with Gasteiger partial charge >= 0.3 is 18.0 Å². The van der Waals surface area contributed by atoms with Crippen LogP contribution in [0.1, 0.15) is 18.1 Å². The molecule has 198 valence electrons. The number of nitrogens with zero attached hydrogens (tertiary/aromatic N) is 3. The molecule has 5 aromatic rings. The monoisotopic (exact) mass is 538 g/mol. The van der Waals surface area contributed by atoms with E-state index in [0.717, 1.165) is 21.3 Å². The molecule has 0 radical (unpaired) electrons. The number of methoxy groups -OCH3 is 1. The largest absolute Gasteiger partial charge is 0.497 e. The Morgan fingerprint density at radius 2 is 1.77 bits per heavy atom. The number of rotatable bonds is 4. The highest BCUT2D eigenvalue weighted by Crippen LogP contribution is 2.35. The molecular formula is C26H17F3N4O6. The molecule has 1 fully saturated rings. The maximum atomic E-state index is 13.9. The molecule has 1 saturated heterocycles. The van der Waals surface area contributed by atoms with Gasteiger partial charge in [0.2, 0.25) is 5.60 Å². The van der Waals surface area contributed by atoms with Crippen LogP contribution in [0.5, 0.6) is 5.75 Å². The average molecular weight is 538 g/mol. The molecule has 2 aromatic heterocycles. The van der Waals surface area contributed by atoms with Crippen molar-refractivity contribution in [1.29, 1.82) is 0 Å². The molecule has 39 heavy (non-hydrogen) atoms. The Hall–Kier alpha value is -5.07. The van der Waals surface area contributed by atoms with Crippen LogP contribution in [-0.4, -0.2) is 33.4 Å².